The van der Waals surface area contributed by atoms with Crippen molar-refractivity contribution < 1.29 is 18.7 Å². The SMILES string of the molecule is O=C(COC(=O)c1ccc(Cl)cc1F)Nc1cccc(I)c1. The van der Waals surface area contributed by atoms with Crippen LogP contribution in [0, 0.1) is 9.39 Å². The van der Waals surface area contributed by atoms with Gasteiger partial charge in [0.2, 0.25) is 0 Å². The van der Waals surface area contributed by atoms with Crippen LogP contribution in [0.15, 0.2) is 42.5 Å². The molecule has 0 aliphatic rings. The van der Waals surface area contributed by atoms with Crippen LogP contribution >= 0.6 is 34.2 Å². The number of hydrogen-bond acceptors (Lipinski definition) is 3. The summed E-state index contributed by atoms with van der Waals surface area (Å²) in [5.41, 5.74) is 0.317. The second-order valence-electron chi connectivity index (χ2n) is 4.26. The fourth-order valence-electron chi connectivity index (χ4n) is 1.63. The van der Waals surface area contributed by atoms with Gasteiger partial charge in [-0.05, 0) is 59.0 Å². The summed E-state index contributed by atoms with van der Waals surface area (Å²) in [4.78, 5) is 23.4. The summed E-state index contributed by atoms with van der Waals surface area (Å²) in [5.74, 6) is -2.23. The molecule has 0 saturated heterocycles. The minimum Gasteiger partial charge on any atom is -0.452 e. The first-order valence-electron chi connectivity index (χ1n) is 6.13. The van der Waals surface area contributed by atoms with Crippen LogP contribution in [-0.2, 0) is 9.53 Å². The van der Waals surface area contributed by atoms with E-state index in [4.69, 9.17) is 16.3 Å². The number of esters is 1. The second-order valence-corrected chi connectivity index (χ2v) is 5.94. The van der Waals surface area contributed by atoms with Gasteiger partial charge in [0.15, 0.2) is 6.61 Å². The summed E-state index contributed by atoms with van der Waals surface area (Å²) in [6, 6.07) is 10.7. The monoisotopic (exact) mass is 433 g/mol. The molecule has 1 N–H and O–H groups in total. The maximum atomic E-state index is 13.5. The molecular formula is C15H10ClFINO3. The van der Waals surface area contributed by atoms with E-state index >= 15 is 0 Å². The van der Waals surface area contributed by atoms with Crippen molar-refractivity contribution in [3.8, 4) is 0 Å². The van der Waals surface area contributed by atoms with Crippen molar-refractivity contribution in [2.24, 2.45) is 0 Å². The smallest absolute Gasteiger partial charge is 0.341 e. The number of hydrogen-bond donors (Lipinski definition) is 1. The molecule has 2 aromatic carbocycles. The van der Waals surface area contributed by atoms with E-state index < -0.39 is 24.3 Å². The summed E-state index contributed by atoms with van der Waals surface area (Å²) in [6.45, 7) is -0.508. The number of rotatable bonds is 4. The topological polar surface area (TPSA) is 55.4 Å². The zero-order valence-electron chi connectivity index (χ0n) is 11.1. The molecule has 0 spiro atoms. The van der Waals surface area contributed by atoms with Crippen LogP contribution in [0.25, 0.3) is 0 Å². The Balaban J connectivity index is 1.92. The fraction of sp³-hybridized carbons (Fsp3) is 0.0667. The lowest BCUT2D eigenvalue weighted by Crippen LogP contribution is -2.21. The fourth-order valence-corrected chi connectivity index (χ4v) is 2.33. The molecule has 1 amide bonds. The van der Waals surface area contributed by atoms with Crippen molar-refractivity contribution in [2.75, 3.05) is 11.9 Å². The van der Waals surface area contributed by atoms with Gasteiger partial charge in [-0.25, -0.2) is 9.18 Å². The first-order chi connectivity index (χ1) is 10.5. The first kappa shape index (κ1) is 16.7. The zero-order chi connectivity index (χ0) is 16.1. The Bertz CT molecular complexity index is 724. The van der Waals surface area contributed by atoms with Crippen LogP contribution in [0.5, 0.6) is 0 Å². The Morgan fingerprint density at radius 1 is 1.23 bits per heavy atom. The van der Waals surface area contributed by atoms with Gasteiger partial charge in [0.25, 0.3) is 5.91 Å². The van der Waals surface area contributed by atoms with Crippen LogP contribution in [0.4, 0.5) is 10.1 Å². The largest absolute Gasteiger partial charge is 0.452 e. The molecule has 114 valence electrons. The van der Waals surface area contributed by atoms with Crippen molar-refractivity contribution in [2.45, 2.75) is 0 Å². The number of benzene rings is 2. The molecule has 2 aromatic rings. The molecule has 0 bridgehead atoms. The number of halogens is 3. The lowest BCUT2D eigenvalue weighted by molar-refractivity contribution is -0.119. The highest BCUT2D eigenvalue weighted by atomic mass is 127. The van der Waals surface area contributed by atoms with Gasteiger partial charge in [-0.2, -0.15) is 0 Å². The minimum atomic E-state index is -0.924. The molecule has 2 rings (SSSR count). The molecule has 0 unspecified atom stereocenters. The maximum absolute atomic E-state index is 13.5. The third-order valence-corrected chi connectivity index (χ3v) is 3.50. The van der Waals surface area contributed by atoms with Crippen molar-refractivity contribution in [3.63, 3.8) is 0 Å². The van der Waals surface area contributed by atoms with E-state index in [9.17, 15) is 14.0 Å². The molecule has 0 fully saturated rings. The van der Waals surface area contributed by atoms with Crippen molar-refractivity contribution in [1.29, 1.82) is 0 Å². The average molecular weight is 434 g/mol. The van der Waals surface area contributed by atoms with Gasteiger partial charge in [-0.1, -0.05) is 17.7 Å². The summed E-state index contributed by atoms with van der Waals surface area (Å²) < 4.78 is 19.3. The second kappa shape index (κ2) is 7.55. The van der Waals surface area contributed by atoms with Gasteiger partial charge in [-0.3, -0.25) is 4.79 Å². The molecule has 0 saturated carbocycles. The summed E-state index contributed by atoms with van der Waals surface area (Å²) in [5, 5.41) is 2.75. The number of nitrogens with one attached hydrogen (secondary N) is 1. The van der Waals surface area contributed by atoms with E-state index in [0.717, 1.165) is 9.64 Å². The van der Waals surface area contributed by atoms with Crippen LogP contribution in [-0.4, -0.2) is 18.5 Å². The van der Waals surface area contributed by atoms with Gasteiger partial charge < -0.3 is 10.1 Å². The van der Waals surface area contributed by atoms with E-state index in [0.29, 0.717) is 5.69 Å². The van der Waals surface area contributed by atoms with Gasteiger partial charge in [-0.15, -0.1) is 0 Å². The lowest BCUT2D eigenvalue weighted by Gasteiger charge is -2.07. The predicted octanol–water partition coefficient (Wildman–Crippen LogP) is 3.88. The van der Waals surface area contributed by atoms with Gasteiger partial charge in [0, 0.05) is 14.3 Å². The molecule has 0 aliphatic carbocycles. The van der Waals surface area contributed by atoms with Gasteiger partial charge in [0.05, 0.1) is 5.56 Å². The Hall–Kier alpha value is -1.67. The number of ether oxygens (including phenoxy) is 1. The Kier molecular flexibility index (Phi) is 5.73. The Morgan fingerprint density at radius 2 is 2.00 bits per heavy atom. The van der Waals surface area contributed by atoms with Crippen molar-refractivity contribution >= 4 is 51.8 Å². The van der Waals surface area contributed by atoms with Crippen molar-refractivity contribution in [3.05, 3.63) is 62.4 Å². The highest BCUT2D eigenvalue weighted by Gasteiger charge is 2.15. The summed E-state index contributed by atoms with van der Waals surface area (Å²) >= 11 is 7.70. The molecular weight excluding hydrogens is 424 g/mol. The number of anilines is 1. The Labute approximate surface area is 144 Å². The van der Waals surface area contributed by atoms with E-state index in [1.54, 1.807) is 18.2 Å². The number of carbonyl (C=O) groups excluding carboxylic acids is 2. The third kappa shape index (κ3) is 4.67. The normalized spacial score (nSPS) is 10.1. The van der Waals surface area contributed by atoms with Crippen LogP contribution < -0.4 is 5.32 Å². The molecule has 0 heterocycles. The quantitative estimate of drug-likeness (QED) is 0.588. The van der Waals surface area contributed by atoms with Crippen LogP contribution in [0.2, 0.25) is 5.02 Å². The van der Waals surface area contributed by atoms with Gasteiger partial charge in [0.1, 0.15) is 5.82 Å². The minimum absolute atomic E-state index is 0.172. The van der Waals surface area contributed by atoms with Crippen LogP contribution in [0.3, 0.4) is 0 Å². The standard InChI is InChI=1S/C15H10ClFINO3/c16-9-4-5-12(13(17)6-9)15(21)22-8-14(20)19-11-3-1-2-10(18)7-11/h1-7H,8H2,(H,19,20). The number of carbonyl (C=O) groups is 2. The molecule has 22 heavy (non-hydrogen) atoms. The summed E-state index contributed by atoms with van der Waals surface area (Å²) in [7, 11) is 0. The molecule has 0 aliphatic heterocycles. The number of amides is 1. The van der Waals surface area contributed by atoms with Crippen LogP contribution in [0.1, 0.15) is 10.4 Å². The Morgan fingerprint density at radius 3 is 2.68 bits per heavy atom. The van der Waals surface area contributed by atoms with E-state index in [-0.39, 0.29) is 10.6 Å². The lowest BCUT2D eigenvalue weighted by atomic mass is 10.2. The average Bonchev–Trinajstić information content (AvgIpc) is 2.45. The predicted molar refractivity (Wildman–Crippen MR) is 89.5 cm³/mol. The molecule has 7 heteroatoms. The van der Waals surface area contributed by atoms with E-state index in [1.807, 2.05) is 6.07 Å². The van der Waals surface area contributed by atoms with E-state index in [2.05, 4.69) is 27.9 Å². The third-order valence-electron chi connectivity index (χ3n) is 2.59. The molecule has 0 atom stereocenters. The zero-order valence-corrected chi connectivity index (χ0v) is 14.0. The first-order valence-corrected chi connectivity index (χ1v) is 7.59. The highest BCUT2D eigenvalue weighted by molar-refractivity contribution is 14.1. The molecule has 4 nitrogen and oxygen atoms in total. The summed E-state index contributed by atoms with van der Waals surface area (Å²) in [6.07, 6.45) is 0. The molecule has 0 aromatic heterocycles. The maximum Gasteiger partial charge on any atom is 0.341 e. The van der Waals surface area contributed by atoms with E-state index in [1.165, 1.54) is 12.1 Å². The highest BCUT2D eigenvalue weighted by Crippen LogP contribution is 2.16. The van der Waals surface area contributed by atoms with Gasteiger partial charge >= 0.3 is 5.97 Å². The van der Waals surface area contributed by atoms with Crippen molar-refractivity contribution in [1.82, 2.24) is 0 Å². The molecule has 0 radical (unpaired) electrons.